The molecule has 0 radical (unpaired) electrons. The lowest BCUT2D eigenvalue weighted by Crippen LogP contribution is -2.32. The number of H-pyrrole nitrogens is 1. The van der Waals surface area contributed by atoms with Gasteiger partial charge in [-0.3, -0.25) is 0 Å². The van der Waals surface area contributed by atoms with Gasteiger partial charge in [0.05, 0.1) is 5.69 Å². The van der Waals surface area contributed by atoms with E-state index in [0.717, 1.165) is 36.4 Å². The Balaban J connectivity index is 1.93. The summed E-state index contributed by atoms with van der Waals surface area (Å²) in [4.78, 5) is 8.14. The number of fused-ring (bicyclic) bond motifs is 2. The van der Waals surface area contributed by atoms with Crippen LogP contribution in [0, 0.1) is 6.92 Å². The average molecular weight is 266 g/mol. The number of benzene rings is 1. The molecule has 0 fully saturated rings. The minimum Gasteiger partial charge on any atom is -0.360 e. The molecule has 3 N–H and O–H groups in total. The molecule has 20 heavy (non-hydrogen) atoms. The van der Waals surface area contributed by atoms with Gasteiger partial charge in [-0.25, -0.2) is 4.98 Å². The number of hydrogen-bond acceptors (Lipinski definition) is 2. The predicted octanol–water partition coefficient (Wildman–Crippen LogP) is 2.61. The number of nitrogens with one attached hydrogen (secondary N) is 1. The fourth-order valence-electron chi connectivity index (χ4n) is 3.24. The van der Waals surface area contributed by atoms with Crippen molar-refractivity contribution in [2.45, 2.75) is 32.4 Å². The van der Waals surface area contributed by atoms with Gasteiger partial charge in [0, 0.05) is 40.9 Å². The molecule has 1 atom stereocenters. The van der Waals surface area contributed by atoms with Crippen molar-refractivity contribution in [1.82, 2.24) is 14.5 Å². The van der Waals surface area contributed by atoms with Gasteiger partial charge in [0.15, 0.2) is 0 Å². The van der Waals surface area contributed by atoms with E-state index in [1.165, 1.54) is 16.6 Å². The third kappa shape index (κ3) is 1.61. The number of aryl methyl sites for hydroxylation is 1. The van der Waals surface area contributed by atoms with E-state index in [4.69, 9.17) is 10.7 Å². The summed E-state index contributed by atoms with van der Waals surface area (Å²) in [5, 5.41) is 1.24. The minimum atomic E-state index is 0.256. The van der Waals surface area contributed by atoms with Crippen LogP contribution in [0.3, 0.4) is 0 Å². The van der Waals surface area contributed by atoms with Gasteiger partial charge in [-0.2, -0.15) is 0 Å². The first kappa shape index (κ1) is 11.7. The van der Waals surface area contributed by atoms with Crippen molar-refractivity contribution in [2.24, 2.45) is 5.73 Å². The van der Waals surface area contributed by atoms with Gasteiger partial charge in [0.25, 0.3) is 0 Å². The number of imidazole rings is 1. The van der Waals surface area contributed by atoms with E-state index in [1.807, 2.05) is 0 Å². The molecule has 0 bridgehead atoms. The Morgan fingerprint density at radius 1 is 1.35 bits per heavy atom. The zero-order valence-electron chi connectivity index (χ0n) is 11.6. The van der Waals surface area contributed by atoms with Crippen molar-refractivity contribution < 1.29 is 0 Å². The Morgan fingerprint density at radius 3 is 3.10 bits per heavy atom. The summed E-state index contributed by atoms with van der Waals surface area (Å²) >= 11 is 0. The Hall–Kier alpha value is -2.07. The lowest BCUT2D eigenvalue weighted by Gasteiger charge is -2.22. The van der Waals surface area contributed by atoms with Gasteiger partial charge in [0.2, 0.25) is 0 Å². The second-order valence-electron chi connectivity index (χ2n) is 5.61. The Labute approximate surface area is 117 Å². The van der Waals surface area contributed by atoms with Gasteiger partial charge in [-0.1, -0.05) is 18.2 Å². The molecule has 0 saturated carbocycles. The van der Waals surface area contributed by atoms with Crippen molar-refractivity contribution in [3.63, 3.8) is 0 Å². The number of nitrogens with zero attached hydrogens (tertiary/aromatic N) is 2. The second kappa shape index (κ2) is 4.21. The number of para-hydroxylation sites is 1. The number of aromatic amines is 1. The average Bonchev–Trinajstić information content (AvgIpc) is 3.01. The molecule has 0 aliphatic carbocycles. The molecule has 3 heterocycles. The molecule has 1 aliphatic heterocycles. The summed E-state index contributed by atoms with van der Waals surface area (Å²) in [6, 6.07) is 8.63. The first-order valence-corrected chi connectivity index (χ1v) is 7.12. The molecule has 1 unspecified atom stereocenters. The van der Waals surface area contributed by atoms with E-state index in [2.05, 4.69) is 46.9 Å². The number of aromatic nitrogens is 3. The highest BCUT2D eigenvalue weighted by atomic mass is 15.1. The van der Waals surface area contributed by atoms with E-state index < -0.39 is 0 Å². The van der Waals surface area contributed by atoms with Crippen LogP contribution in [-0.4, -0.2) is 20.6 Å². The molecule has 2 aromatic heterocycles. The molecular weight excluding hydrogens is 248 g/mol. The third-order valence-corrected chi connectivity index (χ3v) is 4.28. The van der Waals surface area contributed by atoms with Gasteiger partial charge >= 0.3 is 0 Å². The van der Waals surface area contributed by atoms with Crippen LogP contribution in [0.5, 0.6) is 0 Å². The molecule has 3 aromatic rings. The Morgan fingerprint density at radius 2 is 2.20 bits per heavy atom. The fourth-order valence-corrected chi connectivity index (χ4v) is 3.24. The lowest BCUT2D eigenvalue weighted by atomic mass is 10.0. The van der Waals surface area contributed by atoms with Crippen LogP contribution >= 0.6 is 0 Å². The van der Waals surface area contributed by atoms with Crippen molar-refractivity contribution in [3.05, 3.63) is 42.0 Å². The highest BCUT2D eigenvalue weighted by Gasteiger charge is 2.23. The number of hydrogen-bond donors (Lipinski definition) is 2. The Kier molecular flexibility index (Phi) is 2.47. The van der Waals surface area contributed by atoms with Gasteiger partial charge in [-0.15, -0.1) is 0 Å². The van der Waals surface area contributed by atoms with E-state index in [0.29, 0.717) is 0 Å². The monoisotopic (exact) mass is 266 g/mol. The first-order chi connectivity index (χ1) is 9.74. The number of rotatable bonds is 1. The van der Waals surface area contributed by atoms with E-state index >= 15 is 0 Å². The normalized spacial score (nSPS) is 18.4. The van der Waals surface area contributed by atoms with Gasteiger partial charge in [-0.05, 0) is 25.8 Å². The quantitative estimate of drug-likeness (QED) is 0.711. The van der Waals surface area contributed by atoms with Crippen LogP contribution in [0.25, 0.3) is 22.2 Å². The molecule has 0 saturated heterocycles. The van der Waals surface area contributed by atoms with Crippen LogP contribution < -0.4 is 5.73 Å². The zero-order chi connectivity index (χ0) is 13.7. The fraction of sp³-hybridized carbons (Fsp3) is 0.312. The van der Waals surface area contributed by atoms with Gasteiger partial charge < -0.3 is 15.3 Å². The van der Waals surface area contributed by atoms with Gasteiger partial charge in [0.1, 0.15) is 5.82 Å². The van der Waals surface area contributed by atoms with Crippen LogP contribution in [0.15, 0.2) is 30.5 Å². The van der Waals surface area contributed by atoms with Crippen LogP contribution in [0.2, 0.25) is 0 Å². The lowest BCUT2D eigenvalue weighted by molar-refractivity contribution is 0.454. The van der Waals surface area contributed by atoms with Crippen molar-refractivity contribution in [3.8, 4) is 11.3 Å². The highest BCUT2D eigenvalue weighted by molar-refractivity contribution is 5.95. The Bertz CT molecular complexity index is 781. The third-order valence-electron chi connectivity index (χ3n) is 4.28. The van der Waals surface area contributed by atoms with Crippen LogP contribution in [0.1, 0.15) is 17.9 Å². The van der Waals surface area contributed by atoms with E-state index in [1.54, 1.807) is 0 Å². The molecule has 0 spiro atoms. The molecule has 102 valence electrons. The smallest absolute Gasteiger partial charge is 0.106 e. The highest BCUT2D eigenvalue weighted by Crippen LogP contribution is 2.33. The largest absolute Gasteiger partial charge is 0.360 e. The van der Waals surface area contributed by atoms with Crippen molar-refractivity contribution in [1.29, 1.82) is 0 Å². The standard InChI is InChI=1S/C16H18N4/c1-10-19-16(15-7-6-11(17)9-20(10)15)13-8-18-14-5-3-2-4-12(13)14/h2-5,8,11,18H,6-7,9,17H2,1H3. The second-order valence-corrected chi connectivity index (χ2v) is 5.61. The van der Waals surface area contributed by atoms with Crippen LogP contribution in [0.4, 0.5) is 0 Å². The summed E-state index contributed by atoms with van der Waals surface area (Å²) in [6.07, 6.45) is 4.12. The summed E-state index contributed by atoms with van der Waals surface area (Å²) < 4.78 is 2.28. The maximum atomic E-state index is 6.08. The maximum Gasteiger partial charge on any atom is 0.106 e. The molecule has 4 nitrogen and oxygen atoms in total. The molecule has 4 rings (SSSR count). The van der Waals surface area contributed by atoms with Crippen molar-refractivity contribution >= 4 is 10.9 Å². The topological polar surface area (TPSA) is 59.6 Å². The molecular formula is C16H18N4. The van der Waals surface area contributed by atoms with Crippen molar-refractivity contribution in [2.75, 3.05) is 0 Å². The maximum absolute atomic E-state index is 6.08. The predicted molar refractivity (Wildman–Crippen MR) is 80.6 cm³/mol. The molecule has 0 amide bonds. The van der Waals surface area contributed by atoms with E-state index in [-0.39, 0.29) is 6.04 Å². The SMILES string of the molecule is Cc1nc(-c2c[nH]c3ccccc23)c2n1CC(N)CC2. The van der Waals surface area contributed by atoms with E-state index in [9.17, 15) is 0 Å². The summed E-state index contributed by atoms with van der Waals surface area (Å²) in [6.45, 7) is 2.95. The molecule has 4 heteroatoms. The summed E-state index contributed by atoms with van der Waals surface area (Å²) in [7, 11) is 0. The first-order valence-electron chi connectivity index (χ1n) is 7.12. The minimum absolute atomic E-state index is 0.256. The van der Waals surface area contributed by atoms with Crippen LogP contribution in [-0.2, 0) is 13.0 Å². The zero-order valence-corrected chi connectivity index (χ0v) is 11.6. The number of nitrogens with two attached hydrogens (primary N) is 1. The summed E-state index contributed by atoms with van der Waals surface area (Å²) in [5.74, 6) is 1.07. The molecule has 1 aromatic carbocycles. The summed E-state index contributed by atoms with van der Waals surface area (Å²) in [5.41, 5.74) is 10.9. The molecule has 1 aliphatic rings.